The molecular formula is C6H33N6O15P3. The third kappa shape index (κ3) is 13.4. The summed E-state index contributed by atoms with van der Waals surface area (Å²) in [6.45, 7) is 0. The molecule has 1 saturated carbocycles. The topological polar surface area (TPSA) is 497 Å². The summed E-state index contributed by atoms with van der Waals surface area (Å²) in [4.78, 5) is 63.6. The van der Waals surface area contributed by atoms with Crippen molar-refractivity contribution in [2.45, 2.75) is 36.6 Å². The summed E-state index contributed by atoms with van der Waals surface area (Å²) in [5.41, 5.74) is 0. The molecule has 1 fully saturated rings. The Morgan fingerprint density at radius 1 is 0.467 bits per heavy atom. The zero-order valence-electron chi connectivity index (χ0n) is 17.0. The number of phosphoric acid groups is 3. The Kier molecular flexibility index (Phi) is 21.8. The molecule has 0 aromatic heterocycles. The molecule has 0 amide bonds. The second-order valence-electron chi connectivity index (χ2n) is 4.52. The van der Waals surface area contributed by atoms with Crippen molar-refractivity contribution in [3.8, 4) is 0 Å². The molecule has 1 aliphatic rings. The molecular weight excluding hydrogens is 489 g/mol. The lowest BCUT2D eigenvalue weighted by molar-refractivity contribution is -0.371. The van der Waals surface area contributed by atoms with Gasteiger partial charge in [-0.3, -0.25) is 0 Å². The summed E-state index contributed by atoms with van der Waals surface area (Å²) in [5.74, 6) is 0. The van der Waals surface area contributed by atoms with Crippen LogP contribution in [0.2, 0.25) is 0 Å². The van der Waals surface area contributed by atoms with Gasteiger partial charge in [0.15, 0.2) is 0 Å². The average molecular weight is 522 g/mol. The summed E-state index contributed by atoms with van der Waals surface area (Å²) in [7, 11) is -17.9. The van der Waals surface area contributed by atoms with Gasteiger partial charge in [-0.2, -0.15) is 0 Å². The van der Waals surface area contributed by atoms with Crippen LogP contribution in [0.25, 0.3) is 0 Å². The van der Waals surface area contributed by atoms with Crippen molar-refractivity contribution in [1.82, 2.24) is 36.9 Å². The van der Waals surface area contributed by atoms with Crippen LogP contribution in [0, 0.1) is 0 Å². The van der Waals surface area contributed by atoms with Crippen molar-refractivity contribution < 1.29 is 71.9 Å². The minimum absolute atomic E-state index is 0. The fourth-order valence-electron chi connectivity index (χ4n) is 1.98. The molecule has 0 aromatic rings. The van der Waals surface area contributed by atoms with Crippen molar-refractivity contribution in [2.24, 2.45) is 0 Å². The van der Waals surface area contributed by atoms with Gasteiger partial charge < -0.3 is 109 Å². The summed E-state index contributed by atoms with van der Waals surface area (Å²) >= 11 is 0. The zero-order valence-corrected chi connectivity index (χ0v) is 19.7. The van der Waals surface area contributed by atoms with Gasteiger partial charge in [-0.25, -0.2) is 0 Å². The van der Waals surface area contributed by atoms with Crippen molar-refractivity contribution in [3.05, 3.63) is 0 Å². The number of hydrogen-bond acceptors (Lipinski definition) is 15. The summed E-state index contributed by atoms with van der Waals surface area (Å²) in [5, 5.41) is 28.9. The van der Waals surface area contributed by atoms with Crippen molar-refractivity contribution in [1.29, 1.82) is 0 Å². The minimum Gasteiger partial charge on any atom is -0.790 e. The highest BCUT2D eigenvalue weighted by atomic mass is 31.2. The van der Waals surface area contributed by atoms with Crippen LogP contribution < -0.4 is 66.3 Å². The first-order valence-electron chi connectivity index (χ1n) is 5.67. The smallest absolute Gasteiger partial charge is 0.120 e. The van der Waals surface area contributed by atoms with E-state index < -0.39 is 60.1 Å². The van der Waals surface area contributed by atoms with E-state index in [1.807, 2.05) is 0 Å². The SMILES string of the molecule is O=P([O-])([O-])O[C@@H]1[C@H](O)[C@H](O)[C@@H](OP(=O)([O-])[O-])[C@H](OP(=O)([O-])[O-])[C@H]1O.[NH4+].[NH4+].[NH4+].[NH4+].[NH4+].[NH4+]. The lowest BCUT2D eigenvalue weighted by atomic mass is 9.85. The molecule has 0 spiro atoms. The fraction of sp³-hybridized carbons (Fsp3) is 1.00. The second-order valence-corrected chi connectivity index (χ2v) is 7.84. The Hall–Kier alpha value is -0.0300. The van der Waals surface area contributed by atoms with Crippen molar-refractivity contribution >= 4 is 23.5 Å². The molecule has 0 bridgehead atoms. The Bertz CT molecular complexity index is 595. The number of quaternary nitrogens is 6. The Morgan fingerprint density at radius 3 is 0.933 bits per heavy atom. The van der Waals surface area contributed by atoms with E-state index >= 15 is 0 Å². The Balaban J connectivity index is -0.000000240. The van der Waals surface area contributed by atoms with E-state index in [1.54, 1.807) is 0 Å². The molecule has 1 aliphatic carbocycles. The molecule has 1 rings (SSSR count). The molecule has 0 heterocycles. The third-order valence-corrected chi connectivity index (χ3v) is 4.28. The molecule has 0 radical (unpaired) electrons. The van der Waals surface area contributed by atoms with Gasteiger partial charge in [0.2, 0.25) is 0 Å². The average Bonchev–Trinajstić information content (AvgIpc) is 2.32. The molecule has 21 nitrogen and oxygen atoms in total. The van der Waals surface area contributed by atoms with Gasteiger partial charge in [-0.05, 0) is 0 Å². The lowest BCUT2D eigenvalue weighted by Gasteiger charge is -2.51. The van der Waals surface area contributed by atoms with E-state index in [1.165, 1.54) is 0 Å². The van der Waals surface area contributed by atoms with Crippen LogP contribution in [0.3, 0.4) is 0 Å². The van der Waals surface area contributed by atoms with E-state index in [2.05, 4.69) is 13.6 Å². The van der Waals surface area contributed by atoms with Gasteiger partial charge in [0.1, 0.15) is 36.6 Å². The predicted octanol–water partition coefficient (Wildman–Crippen LogP) is -5.02. The molecule has 24 heteroatoms. The first-order valence-corrected chi connectivity index (χ1v) is 10.1. The second kappa shape index (κ2) is 14.9. The highest BCUT2D eigenvalue weighted by Gasteiger charge is 2.52. The first kappa shape index (κ1) is 43.8. The van der Waals surface area contributed by atoms with E-state index in [0.717, 1.165) is 0 Å². The van der Waals surface area contributed by atoms with Crippen LogP contribution in [0.1, 0.15) is 0 Å². The normalized spacial score (nSPS) is 28.7. The van der Waals surface area contributed by atoms with Gasteiger partial charge in [-0.15, -0.1) is 0 Å². The van der Waals surface area contributed by atoms with Crippen LogP contribution >= 0.6 is 23.5 Å². The minimum atomic E-state index is -6.01. The molecule has 0 unspecified atom stereocenters. The van der Waals surface area contributed by atoms with Crippen LogP contribution in [0.4, 0.5) is 0 Å². The summed E-state index contributed by atoms with van der Waals surface area (Å²) in [6, 6.07) is 0. The number of aliphatic hydroxyl groups excluding tert-OH is 3. The van der Waals surface area contributed by atoms with E-state index in [9.17, 15) is 58.4 Å². The van der Waals surface area contributed by atoms with Crippen molar-refractivity contribution in [2.75, 3.05) is 0 Å². The number of rotatable bonds is 6. The highest BCUT2D eigenvalue weighted by Crippen LogP contribution is 2.43. The van der Waals surface area contributed by atoms with Gasteiger partial charge in [0.25, 0.3) is 0 Å². The number of phosphoric ester groups is 3. The molecule has 192 valence electrons. The zero-order chi connectivity index (χ0) is 19.1. The monoisotopic (exact) mass is 522 g/mol. The van der Waals surface area contributed by atoms with Crippen LogP contribution in [0.15, 0.2) is 0 Å². The number of hydrogen-bond donors (Lipinski definition) is 9. The standard InChI is InChI=1S/C6H15O15P3.6H3N/c7-1-2(8)5(20-23(13,14)15)6(21-24(16,17)18)3(9)4(1)19-22(10,11)12;;;;;;/h1-9H,(H2,10,11,12)(H2,13,14,15)(H2,16,17,18);6*1H3/t1-,2+,3+,4-,5-,6-;;;;;;/m1....../s1. The summed E-state index contributed by atoms with van der Waals surface area (Å²) < 4.78 is 43.0. The van der Waals surface area contributed by atoms with Gasteiger partial charge in [0, 0.05) is 0 Å². The Labute approximate surface area is 170 Å². The van der Waals surface area contributed by atoms with Gasteiger partial charge in [-0.1, -0.05) is 0 Å². The fourth-order valence-corrected chi connectivity index (χ4v) is 3.62. The molecule has 30 heavy (non-hydrogen) atoms. The molecule has 0 aromatic carbocycles. The largest absolute Gasteiger partial charge is 0.790 e. The molecule has 0 aliphatic heterocycles. The van der Waals surface area contributed by atoms with Crippen molar-refractivity contribution in [3.63, 3.8) is 0 Å². The number of aliphatic hydroxyl groups is 3. The molecule has 0 saturated heterocycles. The quantitative estimate of drug-likeness (QED) is 0.147. The third-order valence-electron chi connectivity index (χ3n) is 2.77. The lowest BCUT2D eigenvalue weighted by Crippen LogP contribution is -2.66. The molecule has 6 atom stereocenters. The van der Waals surface area contributed by atoms with E-state index in [4.69, 9.17) is 0 Å². The Morgan fingerprint density at radius 2 is 0.667 bits per heavy atom. The van der Waals surface area contributed by atoms with E-state index in [0.29, 0.717) is 0 Å². The van der Waals surface area contributed by atoms with Gasteiger partial charge in [0.05, 0.1) is 23.5 Å². The van der Waals surface area contributed by atoms with Crippen LogP contribution in [0.5, 0.6) is 0 Å². The summed E-state index contributed by atoms with van der Waals surface area (Å²) in [6.07, 6.45) is -15.7. The van der Waals surface area contributed by atoms with Gasteiger partial charge >= 0.3 is 0 Å². The first-order chi connectivity index (χ1) is 10.5. The van der Waals surface area contributed by atoms with Crippen LogP contribution in [-0.2, 0) is 27.3 Å². The maximum Gasteiger partial charge on any atom is 0.120 e. The molecule has 27 N–H and O–H groups in total. The van der Waals surface area contributed by atoms with Crippen LogP contribution in [-0.4, -0.2) is 51.9 Å². The maximum atomic E-state index is 10.6. The predicted molar refractivity (Wildman–Crippen MR) is 91.4 cm³/mol. The maximum absolute atomic E-state index is 10.6. The van der Waals surface area contributed by atoms with E-state index in [-0.39, 0.29) is 36.9 Å². The highest BCUT2D eigenvalue weighted by molar-refractivity contribution is 7.43.